The third kappa shape index (κ3) is 5.63. The smallest absolute Gasteiger partial charge is 0.170 e. The second-order valence-electron chi connectivity index (χ2n) is 12.0. The van der Waals surface area contributed by atoms with Crippen molar-refractivity contribution >= 4 is 68.8 Å². The first kappa shape index (κ1) is 30.9. The number of carbonyl (C=O) groups is 2. The molecule has 0 heterocycles. The van der Waals surface area contributed by atoms with Crippen LogP contribution in [0.5, 0.6) is 0 Å². The van der Waals surface area contributed by atoms with Crippen LogP contribution in [0.15, 0.2) is 182 Å². The van der Waals surface area contributed by atoms with Gasteiger partial charge >= 0.3 is 0 Å². The Morgan fingerprint density at radius 3 is 0.723 bits per heavy atom. The minimum atomic E-state index is -2.56. The Kier molecular flexibility index (Phi) is 8.66. The zero-order valence-electron chi connectivity index (χ0n) is 26.1. The van der Waals surface area contributed by atoms with Crippen molar-refractivity contribution in [1.29, 1.82) is 0 Å². The average Bonchev–Trinajstić information content (AvgIpc) is 3.98. The quantitative estimate of drug-likeness (QED) is 0.126. The molecule has 0 saturated heterocycles. The van der Waals surface area contributed by atoms with Gasteiger partial charge in [0.2, 0.25) is 0 Å². The molecule has 6 aromatic carbocycles. The lowest BCUT2D eigenvalue weighted by Crippen LogP contribution is -2.35. The van der Waals surface area contributed by atoms with E-state index in [1.165, 1.54) is 0 Å². The standard InChI is InChI=1S/C43H36O2P2/c44-41(33-46(35-19-7-1-8-20-35,36-21-9-2-10-22-36)37-23-11-3-12-24-37)43(31-32-43)42(45)34-47(38-25-13-4-14-26-38,39-27-15-5-16-28-39)40-29-17-6-18-30-40/h1-30,33-34H,31-32H2. The second kappa shape index (κ2) is 13.2. The molecule has 0 radical (unpaired) electrons. The van der Waals surface area contributed by atoms with Gasteiger partial charge < -0.3 is 0 Å². The highest BCUT2D eigenvalue weighted by molar-refractivity contribution is 7.96. The number of carbonyl (C=O) groups excluding carboxylic acids is 2. The average molecular weight is 647 g/mol. The summed E-state index contributed by atoms with van der Waals surface area (Å²) in [6.45, 7) is -5.12. The van der Waals surface area contributed by atoms with Crippen LogP contribution in [-0.4, -0.2) is 23.2 Å². The Balaban J connectivity index is 1.47. The molecule has 0 aromatic heterocycles. The molecule has 0 unspecified atom stereocenters. The van der Waals surface area contributed by atoms with E-state index < -0.39 is 19.2 Å². The number of ketones is 2. The molecular formula is C43H36O2P2. The molecule has 0 aliphatic heterocycles. The highest BCUT2D eigenvalue weighted by atomic mass is 31.2. The first-order chi connectivity index (χ1) is 23.1. The van der Waals surface area contributed by atoms with Crippen molar-refractivity contribution < 1.29 is 9.59 Å². The van der Waals surface area contributed by atoms with Gasteiger partial charge in [0.05, 0.1) is 5.41 Å². The fraction of sp³-hybridized carbons (Fsp3) is 0.0698. The van der Waals surface area contributed by atoms with Crippen LogP contribution in [0.4, 0.5) is 0 Å². The minimum Gasteiger partial charge on any atom is -0.294 e. The van der Waals surface area contributed by atoms with Gasteiger partial charge in [-0.15, -0.1) is 0 Å². The van der Waals surface area contributed by atoms with E-state index in [0.717, 1.165) is 31.8 Å². The highest BCUT2D eigenvalue weighted by Gasteiger charge is 2.55. The molecule has 1 fully saturated rings. The summed E-state index contributed by atoms with van der Waals surface area (Å²) in [7, 11) is 0. The predicted octanol–water partition coefficient (Wildman–Crippen LogP) is 6.50. The number of benzene rings is 6. The number of Topliss-reactive ketones (excluding diaryl/α,β-unsaturated/α-hetero) is 2. The molecule has 1 saturated carbocycles. The number of rotatable bonds is 10. The van der Waals surface area contributed by atoms with Crippen LogP contribution in [0.25, 0.3) is 0 Å². The largest absolute Gasteiger partial charge is 0.294 e. The highest BCUT2D eigenvalue weighted by Crippen LogP contribution is 2.53. The van der Waals surface area contributed by atoms with E-state index in [1.807, 2.05) is 121 Å². The summed E-state index contributed by atoms with van der Waals surface area (Å²) < 4.78 is 0. The predicted molar refractivity (Wildman–Crippen MR) is 204 cm³/mol. The fourth-order valence-corrected chi connectivity index (χ4v) is 14.4. The molecule has 0 atom stereocenters. The van der Waals surface area contributed by atoms with Crippen LogP contribution in [0.3, 0.4) is 0 Å². The minimum absolute atomic E-state index is 0.0732. The van der Waals surface area contributed by atoms with Gasteiger partial charge in [-0.25, -0.2) is 0 Å². The Hall–Kier alpha value is -4.74. The van der Waals surface area contributed by atoms with E-state index in [-0.39, 0.29) is 11.6 Å². The first-order valence-corrected chi connectivity index (χ1v) is 19.7. The maximum Gasteiger partial charge on any atom is 0.170 e. The lowest BCUT2D eigenvalue weighted by atomic mass is 9.98. The van der Waals surface area contributed by atoms with Crippen molar-refractivity contribution in [1.82, 2.24) is 0 Å². The molecule has 0 N–H and O–H groups in total. The molecule has 2 nitrogen and oxygen atoms in total. The molecule has 4 heteroatoms. The van der Waals surface area contributed by atoms with E-state index in [9.17, 15) is 9.59 Å². The molecule has 6 aromatic rings. The van der Waals surface area contributed by atoms with Gasteiger partial charge in [-0.05, 0) is 70.0 Å². The fourth-order valence-electron chi connectivity index (χ4n) is 6.66. The summed E-state index contributed by atoms with van der Waals surface area (Å²) in [5, 5.41) is 6.57. The van der Waals surface area contributed by atoms with Crippen molar-refractivity contribution in [2.45, 2.75) is 12.8 Å². The van der Waals surface area contributed by atoms with Gasteiger partial charge in [0.25, 0.3) is 0 Å². The Morgan fingerprint density at radius 2 is 0.553 bits per heavy atom. The van der Waals surface area contributed by atoms with Crippen LogP contribution >= 0.6 is 13.8 Å². The van der Waals surface area contributed by atoms with Gasteiger partial charge in [-0.3, -0.25) is 9.59 Å². The summed E-state index contributed by atoms with van der Waals surface area (Å²) in [6.07, 6.45) is 1.10. The Morgan fingerprint density at radius 1 is 0.362 bits per heavy atom. The van der Waals surface area contributed by atoms with Crippen molar-refractivity contribution in [2.24, 2.45) is 5.41 Å². The summed E-state index contributed by atoms with van der Waals surface area (Å²) in [5.41, 5.74) is -1.08. The van der Waals surface area contributed by atoms with Crippen LogP contribution < -0.4 is 31.8 Å². The molecule has 1 aliphatic rings. The van der Waals surface area contributed by atoms with E-state index in [0.29, 0.717) is 12.8 Å². The first-order valence-electron chi connectivity index (χ1n) is 16.0. The third-order valence-electron chi connectivity index (χ3n) is 9.30. The topological polar surface area (TPSA) is 34.1 Å². The normalized spacial score (nSPS) is 13.7. The molecule has 0 spiro atoms. The zero-order chi connectivity index (χ0) is 32.2. The van der Waals surface area contributed by atoms with Gasteiger partial charge in [0.15, 0.2) is 11.6 Å². The van der Waals surface area contributed by atoms with E-state index in [2.05, 4.69) is 72.8 Å². The third-order valence-corrected chi connectivity index (χ3v) is 17.2. The maximum atomic E-state index is 14.9. The second-order valence-corrected chi connectivity index (χ2v) is 18.5. The van der Waals surface area contributed by atoms with Crippen LogP contribution in [0.2, 0.25) is 0 Å². The molecule has 1 aliphatic carbocycles. The summed E-state index contributed by atoms with van der Waals surface area (Å²) in [6, 6.07) is 62.1. The molecular weight excluding hydrogens is 610 g/mol. The van der Waals surface area contributed by atoms with E-state index >= 15 is 0 Å². The van der Waals surface area contributed by atoms with Crippen molar-refractivity contribution in [3.63, 3.8) is 0 Å². The van der Waals surface area contributed by atoms with Crippen LogP contribution in [-0.2, 0) is 9.59 Å². The van der Waals surface area contributed by atoms with Gasteiger partial charge in [-0.2, -0.15) is 0 Å². The monoisotopic (exact) mass is 646 g/mol. The molecule has 230 valence electrons. The number of hydrogen-bond donors (Lipinski definition) is 0. The van der Waals surface area contributed by atoms with Gasteiger partial charge in [0.1, 0.15) is 0 Å². The van der Waals surface area contributed by atoms with Crippen LogP contribution in [0, 0.1) is 5.41 Å². The van der Waals surface area contributed by atoms with E-state index in [1.54, 1.807) is 0 Å². The van der Waals surface area contributed by atoms with Crippen LogP contribution in [0.1, 0.15) is 12.8 Å². The SMILES string of the molecule is O=C(C=P(c1ccccc1)(c1ccccc1)c1ccccc1)C1(C(=O)C=P(c2ccccc2)(c2ccccc2)c2ccccc2)CC1. The summed E-state index contributed by atoms with van der Waals surface area (Å²) in [4.78, 5) is 29.9. The molecule has 47 heavy (non-hydrogen) atoms. The summed E-state index contributed by atoms with van der Waals surface area (Å²) in [5.74, 6) is 3.77. The van der Waals surface area contributed by atoms with Crippen molar-refractivity contribution in [3.05, 3.63) is 182 Å². The van der Waals surface area contributed by atoms with Crippen molar-refractivity contribution in [3.8, 4) is 0 Å². The van der Waals surface area contributed by atoms with Gasteiger partial charge in [0, 0.05) is 0 Å². The maximum absolute atomic E-state index is 14.9. The van der Waals surface area contributed by atoms with E-state index in [4.69, 9.17) is 0 Å². The molecule has 0 bridgehead atoms. The zero-order valence-corrected chi connectivity index (χ0v) is 27.9. The molecule has 0 amide bonds. The lowest BCUT2D eigenvalue weighted by Gasteiger charge is -2.30. The van der Waals surface area contributed by atoms with Gasteiger partial charge in [-0.1, -0.05) is 182 Å². The van der Waals surface area contributed by atoms with Crippen molar-refractivity contribution in [2.75, 3.05) is 0 Å². The Labute approximate surface area is 277 Å². The lowest BCUT2D eigenvalue weighted by molar-refractivity contribution is -0.126. The number of hydrogen-bond acceptors (Lipinski definition) is 2. The molecule has 7 rings (SSSR count). The Bertz CT molecular complexity index is 1740. The summed E-state index contributed by atoms with van der Waals surface area (Å²) >= 11 is 0.